The average Bonchev–Trinajstić information content (AvgIpc) is 2.74. The van der Waals surface area contributed by atoms with Crippen molar-refractivity contribution in [1.82, 2.24) is 4.90 Å². The number of aryl methyl sites for hydroxylation is 2. The summed E-state index contributed by atoms with van der Waals surface area (Å²) in [5.41, 5.74) is 3.87. The summed E-state index contributed by atoms with van der Waals surface area (Å²) in [7, 11) is 0. The number of nitrogens with zero attached hydrogens (tertiary/aromatic N) is 2. The third kappa shape index (κ3) is 5.90. The second-order valence-electron chi connectivity index (χ2n) is 7.86. The number of carboxylic acids is 1. The Morgan fingerprint density at radius 2 is 1.80 bits per heavy atom. The Labute approximate surface area is 178 Å². The van der Waals surface area contributed by atoms with Gasteiger partial charge in [0.05, 0.1) is 6.10 Å². The summed E-state index contributed by atoms with van der Waals surface area (Å²) in [6, 6.07) is 15.6. The van der Waals surface area contributed by atoms with Crippen LogP contribution in [0.15, 0.2) is 48.5 Å². The number of piperidine rings is 1. The Kier molecular flexibility index (Phi) is 7.60. The van der Waals surface area contributed by atoms with Crippen LogP contribution in [-0.2, 0) is 9.53 Å². The molecule has 3 rings (SSSR count). The van der Waals surface area contributed by atoms with Crippen molar-refractivity contribution in [1.29, 1.82) is 0 Å². The van der Waals surface area contributed by atoms with Gasteiger partial charge in [-0.3, -0.25) is 4.79 Å². The first-order valence-corrected chi connectivity index (χ1v) is 10.4. The van der Waals surface area contributed by atoms with Gasteiger partial charge in [0, 0.05) is 37.4 Å². The molecule has 1 aliphatic rings. The lowest BCUT2D eigenvalue weighted by Crippen LogP contribution is -2.43. The summed E-state index contributed by atoms with van der Waals surface area (Å²) >= 11 is 0. The number of hydrogen-bond donors (Lipinski definition) is 1. The number of likely N-dealkylation sites (tertiary alicyclic amines) is 1. The molecule has 1 aliphatic heterocycles. The predicted molar refractivity (Wildman–Crippen MR) is 117 cm³/mol. The molecule has 0 unspecified atom stereocenters. The van der Waals surface area contributed by atoms with Crippen LogP contribution in [0.25, 0.3) is 0 Å². The van der Waals surface area contributed by atoms with E-state index in [1.807, 2.05) is 54.3 Å². The van der Waals surface area contributed by atoms with E-state index in [0.29, 0.717) is 12.1 Å². The minimum Gasteiger partial charge on any atom is -0.480 e. The van der Waals surface area contributed by atoms with E-state index in [0.717, 1.165) is 43.7 Å². The molecule has 0 saturated carbocycles. The third-order valence-corrected chi connectivity index (χ3v) is 5.53. The van der Waals surface area contributed by atoms with Crippen LogP contribution in [-0.4, -0.2) is 60.8 Å². The number of hydrogen-bond acceptors (Lipinski definition) is 4. The molecule has 0 aliphatic carbocycles. The highest BCUT2D eigenvalue weighted by molar-refractivity contribution is 6.06. The van der Waals surface area contributed by atoms with Gasteiger partial charge < -0.3 is 19.6 Å². The number of amides is 1. The molecule has 1 fully saturated rings. The highest BCUT2D eigenvalue weighted by Gasteiger charge is 2.23. The lowest BCUT2D eigenvalue weighted by Gasteiger charge is -2.33. The lowest BCUT2D eigenvalue weighted by molar-refractivity contribution is -0.145. The SMILES string of the molecule is Cc1ccc(N(CCN2CCC(OCC(=O)O)CC2)C(=O)c2ccccc2)c(C)c1. The zero-order chi connectivity index (χ0) is 21.5. The highest BCUT2D eigenvalue weighted by Crippen LogP contribution is 2.24. The van der Waals surface area contributed by atoms with Crippen LogP contribution in [0.2, 0.25) is 0 Å². The summed E-state index contributed by atoms with van der Waals surface area (Å²) in [4.78, 5) is 28.1. The molecule has 2 aromatic rings. The fourth-order valence-corrected chi connectivity index (χ4v) is 3.91. The van der Waals surface area contributed by atoms with Crippen molar-refractivity contribution < 1.29 is 19.4 Å². The molecule has 6 heteroatoms. The number of carboxylic acid groups (broad SMARTS) is 1. The van der Waals surface area contributed by atoms with E-state index in [4.69, 9.17) is 9.84 Å². The molecule has 30 heavy (non-hydrogen) atoms. The van der Waals surface area contributed by atoms with Crippen LogP contribution >= 0.6 is 0 Å². The number of anilines is 1. The summed E-state index contributed by atoms with van der Waals surface area (Å²) in [6.45, 7) is 6.89. The number of carbonyl (C=O) groups excluding carboxylic acids is 1. The maximum absolute atomic E-state index is 13.3. The summed E-state index contributed by atoms with van der Waals surface area (Å²) in [6.07, 6.45) is 1.62. The minimum atomic E-state index is -0.930. The van der Waals surface area contributed by atoms with Crippen molar-refractivity contribution in [3.8, 4) is 0 Å². The fraction of sp³-hybridized carbons (Fsp3) is 0.417. The van der Waals surface area contributed by atoms with Crippen molar-refractivity contribution in [3.05, 3.63) is 65.2 Å². The molecule has 1 heterocycles. The molecule has 1 N–H and O–H groups in total. The summed E-state index contributed by atoms with van der Waals surface area (Å²) in [5, 5.41) is 8.76. The van der Waals surface area contributed by atoms with Crippen molar-refractivity contribution in [3.63, 3.8) is 0 Å². The first-order chi connectivity index (χ1) is 14.4. The molecule has 0 atom stereocenters. The zero-order valence-corrected chi connectivity index (χ0v) is 17.7. The number of rotatable bonds is 8. The standard InChI is InChI=1S/C24H30N2O4/c1-18-8-9-22(19(2)16-18)26(24(29)20-6-4-3-5-7-20)15-14-25-12-10-21(11-13-25)30-17-23(27)28/h3-9,16,21H,10-15,17H2,1-2H3,(H,27,28). The third-order valence-electron chi connectivity index (χ3n) is 5.53. The quantitative estimate of drug-likeness (QED) is 0.721. The van der Waals surface area contributed by atoms with Gasteiger partial charge >= 0.3 is 5.97 Å². The Morgan fingerprint density at radius 1 is 1.10 bits per heavy atom. The normalized spacial score (nSPS) is 15.1. The molecule has 6 nitrogen and oxygen atoms in total. The lowest BCUT2D eigenvalue weighted by atomic mass is 10.1. The van der Waals surface area contributed by atoms with E-state index in [1.165, 1.54) is 5.56 Å². The van der Waals surface area contributed by atoms with Gasteiger partial charge in [0.25, 0.3) is 5.91 Å². The van der Waals surface area contributed by atoms with Gasteiger partial charge in [-0.15, -0.1) is 0 Å². The van der Waals surface area contributed by atoms with Gasteiger partial charge in [-0.2, -0.15) is 0 Å². The van der Waals surface area contributed by atoms with E-state index in [1.54, 1.807) is 0 Å². The fourth-order valence-electron chi connectivity index (χ4n) is 3.91. The van der Waals surface area contributed by atoms with E-state index in [9.17, 15) is 9.59 Å². The van der Waals surface area contributed by atoms with Crippen molar-refractivity contribution in [2.75, 3.05) is 37.7 Å². The first-order valence-electron chi connectivity index (χ1n) is 10.4. The molecule has 0 aromatic heterocycles. The molecule has 2 aromatic carbocycles. The number of aliphatic carboxylic acids is 1. The van der Waals surface area contributed by atoms with Crippen LogP contribution in [0, 0.1) is 13.8 Å². The molecule has 0 bridgehead atoms. The van der Waals surface area contributed by atoms with Crippen LogP contribution in [0.3, 0.4) is 0 Å². The Hall–Kier alpha value is -2.70. The van der Waals surface area contributed by atoms with E-state index in [2.05, 4.69) is 17.9 Å². The van der Waals surface area contributed by atoms with Crippen LogP contribution in [0.5, 0.6) is 0 Å². The summed E-state index contributed by atoms with van der Waals surface area (Å²) in [5.74, 6) is -0.928. The van der Waals surface area contributed by atoms with Crippen molar-refractivity contribution >= 4 is 17.6 Å². The molecular formula is C24H30N2O4. The smallest absolute Gasteiger partial charge is 0.329 e. The molecule has 0 spiro atoms. The average molecular weight is 411 g/mol. The Balaban J connectivity index is 1.66. The second-order valence-corrected chi connectivity index (χ2v) is 7.86. The largest absolute Gasteiger partial charge is 0.480 e. The van der Waals surface area contributed by atoms with Gasteiger partial charge in [-0.05, 0) is 50.5 Å². The van der Waals surface area contributed by atoms with Gasteiger partial charge in [0.1, 0.15) is 6.61 Å². The topological polar surface area (TPSA) is 70.1 Å². The first kappa shape index (κ1) is 22.0. The van der Waals surface area contributed by atoms with Gasteiger partial charge in [-0.25, -0.2) is 4.79 Å². The van der Waals surface area contributed by atoms with Crippen LogP contribution in [0.4, 0.5) is 5.69 Å². The Morgan fingerprint density at radius 3 is 2.43 bits per heavy atom. The van der Waals surface area contributed by atoms with Gasteiger partial charge in [0.2, 0.25) is 0 Å². The molecule has 1 amide bonds. The van der Waals surface area contributed by atoms with Crippen molar-refractivity contribution in [2.45, 2.75) is 32.8 Å². The van der Waals surface area contributed by atoms with E-state index < -0.39 is 5.97 Å². The highest BCUT2D eigenvalue weighted by atomic mass is 16.5. The molecule has 160 valence electrons. The Bertz CT molecular complexity index is 861. The molecule has 0 radical (unpaired) electrons. The van der Waals surface area contributed by atoms with E-state index in [-0.39, 0.29) is 18.6 Å². The van der Waals surface area contributed by atoms with Crippen molar-refractivity contribution in [2.24, 2.45) is 0 Å². The monoisotopic (exact) mass is 410 g/mol. The second kappa shape index (κ2) is 10.4. The number of ether oxygens (including phenoxy) is 1. The minimum absolute atomic E-state index is 0.00116. The zero-order valence-electron chi connectivity index (χ0n) is 17.7. The maximum atomic E-state index is 13.3. The number of benzene rings is 2. The molecular weight excluding hydrogens is 380 g/mol. The van der Waals surface area contributed by atoms with Gasteiger partial charge in [0.15, 0.2) is 0 Å². The van der Waals surface area contributed by atoms with E-state index >= 15 is 0 Å². The number of carbonyl (C=O) groups is 2. The summed E-state index contributed by atoms with van der Waals surface area (Å²) < 4.78 is 5.42. The van der Waals surface area contributed by atoms with Crippen LogP contribution < -0.4 is 4.90 Å². The molecule has 1 saturated heterocycles. The maximum Gasteiger partial charge on any atom is 0.329 e. The van der Waals surface area contributed by atoms with Gasteiger partial charge in [-0.1, -0.05) is 35.9 Å². The predicted octanol–water partition coefficient (Wildman–Crippen LogP) is 3.52. The van der Waals surface area contributed by atoms with Crippen LogP contribution in [0.1, 0.15) is 34.3 Å².